The van der Waals surface area contributed by atoms with Gasteiger partial charge in [0.25, 0.3) is 0 Å². The van der Waals surface area contributed by atoms with Crippen molar-refractivity contribution in [3.05, 3.63) is 47.5 Å². The lowest BCUT2D eigenvalue weighted by Crippen LogP contribution is -2.48. The van der Waals surface area contributed by atoms with E-state index in [-0.39, 0.29) is 24.0 Å². The molecular weight excluding hydrogens is 487 g/mol. The molecule has 2 fully saturated rings. The third-order valence-electron chi connectivity index (χ3n) is 6.52. The number of hydrogen-bond donors (Lipinski definition) is 1. The molecule has 30 heavy (non-hydrogen) atoms. The molecule has 1 aromatic carbocycles. The SMILES string of the molecule is Cc1nnc(CN=C(NC2CCCC2)N2CCC(Cc3ccccc3)CC2)n1C.I. The maximum absolute atomic E-state index is 4.97. The number of nitrogens with one attached hydrogen (secondary N) is 1. The van der Waals surface area contributed by atoms with Crippen LogP contribution in [-0.4, -0.2) is 44.8 Å². The fourth-order valence-electron chi connectivity index (χ4n) is 4.52. The molecular formula is C23H35IN6. The van der Waals surface area contributed by atoms with Gasteiger partial charge in [0.1, 0.15) is 12.4 Å². The highest BCUT2D eigenvalue weighted by molar-refractivity contribution is 14.0. The molecule has 2 heterocycles. The van der Waals surface area contributed by atoms with Crippen LogP contribution in [0.2, 0.25) is 0 Å². The smallest absolute Gasteiger partial charge is 0.194 e. The molecule has 0 unspecified atom stereocenters. The summed E-state index contributed by atoms with van der Waals surface area (Å²) in [5, 5.41) is 12.2. The molecule has 6 nitrogen and oxygen atoms in total. The molecule has 7 heteroatoms. The van der Waals surface area contributed by atoms with E-state index >= 15 is 0 Å². The van der Waals surface area contributed by atoms with Crippen LogP contribution in [0.1, 0.15) is 55.7 Å². The third-order valence-corrected chi connectivity index (χ3v) is 6.52. The van der Waals surface area contributed by atoms with Crippen LogP contribution >= 0.6 is 24.0 Å². The monoisotopic (exact) mass is 522 g/mol. The van der Waals surface area contributed by atoms with Crippen LogP contribution in [0.3, 0.4) is 0 Å². The second-order valence-electron chi connectivity index (χ2n) is 8.61. The van der Waals surface area contributed by atoms with Gasteiger partial charge in [0.05, 0.1) is 0 Å². The standard InChI is InChI=1S/C23H34N6.HI/c1-18-26-27-22(28(18)2)17-24-23(25-21-10-6-7-11-21)29-14-12-20(13-15-29)16-19-8-4-3-5-9-19;/h3-5,8-9,20-21H,6-7,10-17H2,1-2H3,(H,24,25);1H. The van der Waals surface area contributed by atoms with E-state index in [1.807, 2.05) is 18.5 Å². The molecule has 1 saturated heterocycles. The number of aromatic nitrogens is 3. The molecule has 1 saturated carbocycles. The Hall–Kier alpha value is -1.64. The van der Waals surface area contributed by atoms with Crippen molar-refractivity contribution in [2.75, 3.05) is 13.1 Å². The summed E-state index contributed by atoms with van der Waals surface area (Å²) in [6.45, 7) is 4.72. The molecule has 0 spiro atoms. The van der Waals surface area contributed by atoms with Gasteiger partial charge in [-0.2, -0.15) is 0 Å². The van der Waals surface area contributed by atoms with E-state index in [0.717, 1.165) is 36.6 Å². The Morgan fingerprint density at radius 3 is 2.40 bits per heavy atom. The summed E-state index contributed by atoms with van der Waals surface area (Å²) in [4.78, 5) is 7.43. The summed E-state index contributed by atoms with van der Waals surface area (Å²) in [5.41, 5.74) is 1.46. The molecule has 0 bridgehead atoms. The molecule has 2 aliphatic rings. The second kappa shape index (κ2) is 11.1. The summed E-state index contributed by atoms with van der Waals surface area (Å²) in [5.74, 6) is 3.69. The zero-order valence-corrected chi connectivity index (χ0v) is 20.6. The van der Waals surface area contributed by atoms with E-state index < -0.39 is 0 Å². The zero-order chi connectivity index (χ0) is 20.1. The number of likely N-dealkylation sites (tertiary alicyclic amines) is 1. The first kappa shape index (κ1) is 23.0. The van der Waals surface area contributed by atoms with Crippen molar-refractivity contribution in [3.63, 3.8) is 0 Å². The van der Waals surface area contributed by atoms with Gasteiger partial charge in [0, 0.05) is 26.2 Å². The van der Waals surface area contributed by atoms with E-state index in [1.165, 1.54) is 50.5 Å². The van der Waals surface area contributed by atoms with Gasteiger partial charge < -0.3 is 14.8 Å². The fraction of sp³-hybridized carbons (Fsp3) is 0.609. The third kappa shape index (κ3) is 5.95. The van der Waals surface area contributed by atoms with E-state index in [0.29, 0.717) is 12.6 Å². The fourth-order valence-corrected chi connectivity index (χ4v) is 4.52. The van der Waals surface area contributed by atoms with Crippen LogP contribution in [0.5, 0.6) is 0 Å². The summed E-state index contributed by atoms with van der Waals surface area (Å²) < 4.78 is 2.03. The number of nitrogens with zero attached hydrogens (tertiary/aromatic N) is 5. The largest absolute Gasteiger partial charge is 0.353 e. The first-order valence-corrected chi connectivity index (χ1v) is 11.1. The number of rotatable bonds is 5. The molecule has 0 radical (unpaired) electrons. The second-order valence-corrected chi connectivity index (χ2v) is 8.61. The van der Waals surface area contributed by atoms with Crippen molar-refractivity contribution in [1.82, 2.24) is 25.0 Å². The van der Waals surface area contributed by atoms with Crippen LogP contribution in [0.15, 0.2) is 35.3 Å². The topological polar surface area (TPSA) is 58.3 Å². The highest BCUT2D eigenvalue weighted by Crippen LogP contribution is 2.23. The predicted molar refractivity (Wildman–Crippen MR) is 132 cm³/mol. The van der Waals surface area contributed by atoms with Crippen LogP contribution in [0, 0.1) is 12.8 Å². The minimum absolute atomic E-state index is 0. The highest BCUT2D eigenvalue weighted by Gasteiger charge is 2.24. The number of aliphatic imine (C=N–C) groups is 1. The maximum atomic E-state index is 4.97. The van der Waals surface area contributed by atoms with Crippen molar-refractivity contribution in [2.24, 2.45) is 18.0 Å². The van der Waals surface area contributed by atoms with E-state index in [1.54, 1.807) is 0 Å². The Labute approximate surface area is 197 Å². The number of guanidine groups is 1. The average molecular weight is 522 g/mol. The molecule has 2 aromatic rings. The molecule has 0 atom stereocenters. The molecule has 1 aliphatic carbocycles. The van der Waals surface area contributed by atoms with Gasteiger partial charge in [0.2, 0.25) is 0 Å². The summed E-state index contributed by atoms with van der Waals surface area (Å²) in [6, 6.07) is 11.5. The Balaban J connectivity index is 0.00000256. The van der Waals surface area contributed by atoms with E-state index in [4.69, 9.17) is 4.99 Å². The maximum Gasteiger partial charge on any atom is 0.194 e. The number of piperidine rings is 1. The lowest BCUT2D eigenvalue weighted by atomic mass is 9.90. The van der Waals surface area contributed by atoms with Crippen molar-refractivity contribution in [3.8, 4) is 0 Å². The number of hydrogen-bond acceptors (Lipinski definition) is 3. The van der Waals surface area contributed by atoms with Crippen molar-refractivity contribution < 1.29 is 0 Å². The van der Waals surface area contributed by atoms with Crippen LogP contribution < -0.4 is 5.32 Å². The first-order valence-electron chi connectivity index (χ1n) is 11.1. The van der Waals surface area contributed by atoms with Crippen molar-refractivity contribution >= 4 is 29.9 Å². The first-order chi connectivity index (χ1) is 14.2. The minimum atomic E-state index is 0. The Kier molecular flexibility index (Phi) is 8.53. The number of halogens is 1. The normalized spacial score (nSPS) is 18.5. The van der Waals surface area contributed by atoms with Gasteiger partial charge in [-0.3, -0.25) is 0 Å². The average Bonchev–Trinajstić information content (AvgIpc) is 3.37. The molecule has 1 aromatic heterocycles. The lowest BCUT2D eigenvalue weighted by molar-refractivity contribution is 0.256. The van der Waals surface area contributed by atoms with Crippen LogP contribution in [0.4, 0.5) is 0 Å². The lowest BCUT2D eigenvalue weighted by Gasteiger charge is -2.35. The predicted octanol–water partition coefficient (Wildman–Crippen LogP) is 4.08. The molecule has 1 N–H and O–H groups in total. The minimum Gasteiger partial charge on any atom is -0.353 e. The molecule has 1 aliphatic heterocycles. The Morgan fingerprint density at radius 1 is 1.07 bits per heavy atom. The van der Waals surface area contributed by atoms with Gasteiger partial charge in [-0.05, 0) is 50.5 Å². The van der Waals surface area contributed by atoms with Crippen molar-refractivity contribution in [2.45, 2.75) is 64.5 Å². The summed E-state index contributed by atoms with van der Waals surface area (Å²) >= 11 is 0. The van der Waals surface area contributed by atoms with Gasteiger partial charge in [-0.25, -0.2) is 4.99 Å². The van der Waals surface area contributed by atoms with E-state index in [9.17, 15) is 0 Å². The van der Waals surface area contributed by atoms with Gasteiger partial charge >= 0.3 is 0 Å². The van der Waals surface area contributed by atoms with Crippen LogP contribution in [-0.2, 0) is 20.0 Å². The summed E-state index contributed by atoms with van der Waals surface area (Å²) in [6.07, 6.45) is 8.81. The highest BCUT2D eigenvalue weighted by atomic mass is 127. The number of aryl methyl sites for hydroxylation is 1. The molecule has 0 amide bonds. The van der Waals surface area contributed by atoms with Gasteiger partial charge in [0.15, 0.2) is 11.8 Å². The van der Waals surface area contributed by atoms with E-state index in [2.05, 4.69) is 50.7 Å². The zero-order valence-electron chi connectivity index (χ0n) is 18.3. The van der Waals surface area contributed by atoms with Gasteiger partial charge in [-0.1, -0.05) is 43.2 Å². The Morgan fingerprint density at radius 2 is 1.77 bits per heavy atom. The Bertz CT molecular complexity index is 804. The molecule has 164 valence electrons. The van der Waals surface area contributed by atoms with Crippen molar-refractivity contribution in [1.29, 1.82) is 0 Å². The van der Waals surface area contributed by atoms with Crippen LogP contribution in [0.25, 0.3) is 0 Å². The van der Waals surface area contributed by atoms with Gasteiger partial charge in [-0.15, -0.1) is 34.2 Å². The quantitative estimate of drug-likeness (QED) is 0.365. The molecule has 4 rings (SSSR count). The number of benzene rings is 1. The summed E-state index contributed by atoms with van der Waals surface area (Å²) in [7, 11) is 2.01.